The fourth-order valence-corrected chi connectivity index (χ4v) is 2.40. The van der Waals surface area contributed by atoms with E-state index in [-0.39, 0.29) is 17.9 Å². The van der Waals surface area contributed by atoms with E-state index in [2.05, 4.69) is 5.32 Å². The highest BCUT2D eigenvalue weighted by molar-refractivity contribution is 6.00. The molecule has 2 rings (SSSR count). The van der Waals surface area contributed by atoms with Gasteiger partial charge in [-0.2, -0.15) is 0 Å². The van der Waals surface area contributed by atoms with Gasteiger partial charge < -0.3 is 15.3 Å². The van der Waals surface area contributed by atoms with Crippen molar-refractivity contribution in [3.63, 3.8) is 0 Å². The molecule has 1 aromatic rings. The molecule has 1 aromatic carbocycles. The van der Waals surface area contributed by atoms with Crippen LogP contribution < -0.4 is 5.32 Å². The zero-order chi connectivity index (χ0) is 14.9. The van der Waals surface area contributed by atoms with Crippen LogP contribution in [0.1, 0.15) is 38.1 Å². The lowest BCUT2D eigenvalue weighted by Gasteiger charge is -2.49. The van der Waals surface area contributed by atoms with Gasteiger partial charge in [0.25, 0.3) is 5.91 Å². The number of nitrogens with zero attached hydrogens (tertiary/aromatic N) is 1. The van der Waals surface area contributed by atoms with Gasteiger partial charge in [0.15, 0.2) is 0 Å². The van der Waals surface area contributed by atoms with Gasteiger partial charge in [0, 0.05) is 11.7 Å². The molecular weight excluding hydrogens is 252 g/mol. The van der Waals surface area contributed by atoms with Crippen LogP contribution >= 0.6 is 0 Å². The third-order valence-electron chi connectivity index (χ3n) is 3.89. The minimum Gasteiger partial charge on any atom is -0.386 e. The van der Waals surface area contributed by atoms with Gasteiger partial charge in [0.05, 0.1) is 18.7 Å². The van der Waals surface area contributed by atoms with Gasteiger partial charge >= 0.3 is 0 Å². The maximum atomic E-state index is 12.5. The van der Waals surface area contributed by atoms with Gasteiger partial charge in [-0.1, -0.05) is 26.0 Å². The summed E-state index contributed by atoms with van der Waals surface area (Å²) in [4.78, 5) is 14.2. The van der Waals surface area contributed by atoms with Gasteiger partial charge in [-0.25, -0.2) is 0 Å². The molecular formula is C16H24N2O2. The normalized spacial score (nSPS) is 17.2. The number of aliphatic hydroxyl groups is 1. The van der Waals surface area contributed by atoms with Crippen LogP contribution in [-0.2, 0) is 0 Å². The highest BCUT2D eigenvalue weighted by Crippen LogP contribution is 2.31. The number of carbonyl (C=O) groups excluding carboxylic acids is 1. The SMILES string of the molecule is CC(C)Nc1ccccc1C(=O)N1CC(O)(C(C)C)C1. The van der Waals surface area contributed by atoms with E-state index < -0.39 is 5.60 Å². The summed E-state index contributed by atoms with van der Waals surface area (Å²) in [5, 5.41) is 13.5. The van der Waals surface area contributed by atoms with Crippen LogP contribution in [0.2, 0.25) is 0 Å². The van der Waals surface area contributed by atoms with E-state index in [1.54, 1.807) is 4.90 Å². The molecule has 0 aliphatic carbocycles. The lowest BCUT2D eigenvalue weighted by Crippen LogP contribution is -2.66. The number of benzene rings is 1. The number of carbonyl (C=O) groups is 1. The molecule has 0 unspecified atom stereocenters. The van der Waals surface area contributed by atoms with Crippen molar-refractivity contribution in [2.75, 3.05) is 18.4 Å². The maximum absolute atomic E-state index is 12.5. The lowest BCUT2D eigenvalue weighted by atomic mass is 9.82. The predicted molar refractivity (Wildman–Crippen MR) is 80.9 cm³/mol. The number of rotatable bonds is 4. The van der Waals surface area contributed by atoms with Gasteiger partial charge in [-0.3, -0.25) is 4.79 Å². The van der Waals surface area contributed by atoms with E-state index in [1.807, 2.05) is 52.0 Å². The van der Waals surface area contributed by atoms with E-state index in [0.29, 0.717) is 18.7 Å². The highest BCUT2D eigenvalue weighted by Gasteiger charge is 2.46. The molecule has 1 aliphatic heterocycles. The van der Waals surface area contributed by atoms with Crippen LogP contribution in [0.15, 0.2) is 24.3 Å². The molecule has 1 aliphatic rings. The molecule has 0 aromatic heterocycles. The summed E-state index contributed by atoms with van der Waals surface area (Å²) in [6.45, 7) is 8.88. The summed E-state index contributed by atoms with van der Waals surface area (Å²) in [6, 6.07) is 7.81. The van der Waals surface area contributed by atoms with Crippen molar-refractivity contribution in [2.24, 2.45) is 5.92 Å². The molecule has 110 valence electrons. The van der Waals surface area contributed by atoms with E-state index in [9.17, 15) is 9.90 Å². The van der Waals surface area contributed by atoms with Gasteiger partial charge in [0.1, 0.15) is 5.60 Å². The first-order valence-electron chi connectivity index (χ1n) is 7.21. The Labute approximate surface area is 120 Å². The van der Waals surface area contributed by atoms with Gasteiger partial charge in [0.2, 0.25) is 0 Å². The number of β-amino-alcohol motifs (C(OH)–C–C–N with tert-alkyl or cyclic N) is 1. The number of para-hydroxylation sites is 1. The summed E-state index contributed by atoms with van der Waals surface area (Å²) >= 11 is 0. The fraction of sp³-hybridized carbons (Fsp3) is 0.562. The Morgan fingerprint density at radius 1 is 1.25 bits per heavy atom. The van der Waals surface area contributed by atoms with Crippen molar-refractivity contribution in [1.82, 2.24) is 4.90 Å². The lowest BCUT2D eigenvalue weighted by molar-refractivity contribution is -0.110. The van der Waals surface area contributed by atoms with Crippen LogP contribution in [0.4, 0.5) is 5.69 Å². The molecule has 1 fully saturated rings. The second kappa shape index (κ2) is 5.44. The summed E-state index contributed by atoms with van der Waals surface area (Å²) in [6.07, 6.45) is 0. The third-order valence-corrected chi connectivity index (χ3v) is 3.89. The van der Waals surface area contributed by atoms with Crippen LogP contribution in [-0.4, -0.2) is 40.6 Å². The van der Waals surface area contributed by atoms with Crippen LogP contribution in [0.25, 0.3) is 0 Å². The molecule has 0 spiro atoms. The monoisotopic (exact) mass is 276 g/mol. The van der Waals surface area contributed by atoms with Crippen LogP contribution in [0, 0.1) is 5.92 Å². The van der Waals surface area contributed by atoms with Crippen molar-refractivity contribution < 1.29 is 9.90 Å². The van der Waals surface area contributed by atoms with Crippen molar-refractivity contribution in [1.29, 1.82) is 0 Å². The highest BCUT2D eigenvalue weighted by atomic mass is 16.3. The van der Waals surface area contributed by atoms with Crippen molar-refractivity contribution in [3.8, 4) is 0 Å². The second-order valence-corrected chi connectivity index (χ2v) is 6.26. The van der Waals surface area contributed by atoms with E-state index >= 15 is 0 Å². The molecule has 0 radical (unpaired) electrons. The molecule has 0 bridgehead atoms. The molecule has 2 N–H and O–H groups in total. The summed E-state index contributed by atoms with van der Waals surface area (Å²) in [5.74, 6) is 0.148. The minimum atomic E-state index is -0.726. The topological polar surface area (TPSA) is 52.6 Å². The Morgan fingerprint density at radius 2 is 1.85 bits per heavy atom. The number of hydrogen-bond donors (Lipinski definition) is 2. The average Bonchev–Trinajstić information content (AvgIpc) is 2.34. The summed E-state index contributed by atoms with van der Waals surface area (Å²) < 4.78 is 0. The van der Waals surface area contributed by atoms with Gasteiger partial charge in [-0.05, 0) is 31.9 Å². The smallest absolute Gasteiger partial charge is 0.256 e. The molecule has 4 nitrogen and oxygen atoms in total. The number of likely N-dealkylation sites (tertiary alicyclic amines) is 1. The minimum absolute atomic E-state index is 0.0147. The first-order chi connectivity index (χ1) is 9.33. The molecule has 0 saturated carbocycles. The number of nitrogens with one attached hydrogen (secondary N) is 1. The first-order valence-corrected chi connectivity index (χ1v) is 7.21. The zero-order valence-corrected chi connectivity index (χ0v) is 12.7. The molecule has 20 heavy (non-hydrogen) atoms. The summed E-state index contributed by atoms with van der Waals surface area (Å²) in [5.41, 5.74) is 0.801. The Bertz CT molecular complexity index is 491. The number of amides is 1. The number of anilines is 1. The predicted octanol–water partition coefficient (Wildman–Crippen LogP) is 2.35. The molecule has 1 heterocycles. The molecule has 0 atom stereocenters. The Balaban J connectivity index is 2.12. The van der Waals surface area contributed by atoms with Crippen LogP contribution in [0.3, 0.4) is 0 Å². The van der Waals surface area contributed by atoms with Crippen molar-refractivity contribution in [2.45, 2.75) is 39.3 Å². The van der Waals surface area contributed by atoms with E-state index in [4.69, 9.17) is 0 Å². The van der Waals surface area contributed by atoms with E-state index in [1.165, 1.54) is 0 Å². The maximum Gasteiger partial charge on any atom is 0.256 e. The fourth-order valence-electron chi connectivity index (χ4n) is 2.40. The van der Waals surface area contributed by atoms with Gasteiger partial charge in [-0.15, -0.1) is 0 Å². The van der Waals surface area contributed by atoms with Crippen LogP contribution in [0.5, 0.6) is 0 Å². The number of hydrogen-bond acceptors (Lipinski definition) is 3. The molecule has 1 amide bonds. The quantitative estimate of drug-likeness (QED) is 0.887. The average molecular weight is 276 g/mol. The Kier molecular flexibility index (Phi) is 4.04. The third kappa shape index (κ3) is 2.80. The first kappa shape index (κ1) is 14.9. The standard InChI is InChI=1S/C16H24N2O2/c1-11(2)16(20)9-18(10-16)15(19)13-7-5-6-8-14(13)17-12(3)4/h5-8,11-12,17,20H,9-10H2,1-4H3. The molecule has 4 heteroatoms. The van der Waals surface area contributed by atoms with Crippen molar-refractivity contribution >= 4 is 11.6 Å². The zero-order valence-electron chi connectivity index (χ0n) is 12.7. The molecule has 1 saturated heterocycles. The summed E-state index contributed by atoms with van der Waals surface area (Å²) in [7, 11) is 0. The second-order valence-electron chi connectivity index (χ2n) is 6.26. The van der Waals surface area contributed by atoms with Crippen molar-refractivity contribution in [3.05, 3.63) is 29.8 Å². The largest absolute Gasteiger partial charge is 0.386 e. The Morgan fingerprint density at radius 3 is 2.40 bits per heavy atom. The van der Waals surface area contributed by atoms with E-state index in [0.717, 1.165) is 5.69 Å². The Hall–Kier alpha value is -1.55.